The third-order valence-corrected chi connectivity index (χ3v) is 13.6. The van der Waals surface area contributed by atoms with Gasteiger partial charge in [0, 0.05) is 5.39 Å². The molecular formula is C30H36N2O4SSi. The normalized spacial score (nSPS) is 12.6. The van der Waals surface area contributed by atoms with Gasteiger partial charge in [-0.1, -0.05) is 87.0 Å². The Labute approximate surface area is 226 Å². The van der Waals surface area contributed by atoms with Crippen molar-refractivity contribution in [2.75, 3.05) is 5.32 Å². The summed E-state index contributed by atoms with van der Waals surface area (Å²) in [6.45, 7) is 12.6. The molecule has 200 valence electrons. The molecule has 0 saturated carbocycles. The Kier molecular flexibility index (Phi) is 7.70. The van der Waals surface area contributed by atoms with Crippen LogP contribution in [0.25, 0.3) is 10.9 Å². The second-order valence-electron chi connectivity index (χ2n) is 11.2. The van der Waals surface area contributed by atoms with Crippen LogP contribution in [0.5, 0.6) is 0 Å². The number of carbonyl (C=O) groups excluding carboxylic acids is 1. The van der Waals surface area contributed by atoms with E-state index in [1.807, 2.05) is 49.4 Å². The molecule has 8 heteroatoms. The molecule has 0 aliphatic carbocycles. The van der Waals surface area contributed by atoms with Crippen molar-refractivity contribution in [1.82, 2.24) is 3.97 Å². The largest absolute Gasteiger partial charge is 0.411 e. The summed E-state index contributed by atoms with van der Waals surface area (Å²) in [7, 11) is -6.24. The summed E-state index contributed by atoms with van der Waals surface area (Å²) in [4.78, 5) is 13.4. The molecule has 1 amide bonds. The number of aromatic nitrogens is 1. The van der Waals surface area contributed by atoms with E-state index in [-0.39, 0.29) is 28.9 Å². The molecule has 0 radical (unpaired) electrons. The maximum Gasteiger partial charge on any atom is 0.268 e. The molecule has 0 spiro atoms. The highest BCUT2D eigenvalue weighted by atomic mass is 32.2. The lowest BCUT2D eigenvalue weighted by molar-refractivity contribution is -0.115. The van der Waals surface area contributed by atoms with Gasteiger partial charge in [-0.2, -0.15) is 0 Å². The molecule has 0 aliphatic heterocycles. The number of anilines is 1. The number of amides is 1. The van der Waals surface area contributed by atoms with Crippen molar-refractivity contribution in [3.05, 3.63) is 95.7 Å². The van der Waals surface area contributed by atoms with Crippen LogP contribution in [0.2, 0.25) is 18.1 Å². The Morgan fingerprint density at radius 1 is 0.921 bits per heavy atom. The predicted octanol–water partition coefficient (Wildman–Crippen LogP) is 6.89. The van der Waals surface area contributed by atoms with Crippen molar-refractivity contribution < 1.29 is 17.6 Å². The highest BCUT2D eigenvalue weighted by molar-refractivity contribution is 7.90. The summed E-state index contributed by atoms with van der Waals surface area (Å²) >= 11 is 0. The number of carbonyl (C=O) groups is 1. The molecule has 4 aromatic rings. The lowest BCUT2D eigenvalue weighted by atomic mass is 10.1. The van der Waals surface area contributed by atoms with Crippen molar-refractivity contribution in [3.63, 3.8) is 0 Å². The van der Waals surface area contributed by atoms with E-state index in [0.29, 0.717) is 22.3 Å². The van der Waals surface area contributed by atoms with Crippen LogP contribution in [-0.2, 0) is 32.3 Å². The number of nitrogens with zero attached hydrogens (tertiary/aromatic N) is 1. The number of nitrogens with one attached hydrogen (secondary N) is 1. The van der Waals surface area contributed by atoms with Crippen molar-refractivity contribution in [2.45, 2.75) is 63.8 Å². The van der Waals surface area contributed by atoms with Crippen LogP contribution in [0.1, 0.15) is 37.6 Å². The van der Waals surface area contributed by atoms with E-state index in [0.717, 1.165) is 11.1 Å². The third kappa shape index (κ3) is 5.62. The van der Waals surface area contributed by atoms with E-state index in [9.17, 15) is 13.2 Å². The number of hydrogen-bond donors (Lipinski definition) is 1. The summed E-state index contributed by atoms with van der Waals surface area (Å²) in [5.41, 5.74) is 3.22. The second-order valence-corrected chi connectivity index (χ2v) is 17.8. The van der Waals surface area contributed by atoms with Gasteiger partial charge in [0.1, 0.15) is 0 Å². The molecule has 1 heterocycles. The Morgan fingerprint density at radius 2 is 1.53 bits per heavy atom. The van der Waals surface area contributed by atoms with Crippen molar-refractivity contribution in [1.29, 1.82) is 0 Å². The molecule has 0 saturated heterocycles. The van der Waals surface area contributed by atoms with E-state index >= 15 is 0 Å². The Balaban J connectivity index is 1.88. The van der Waals surface area contributed by atoms with Crippen LogP contribution in [0.3, 0.4) is 0 Å². The van der Waals surface area contributed by atoms with Gasteiger partial charge in [-0.15, -0.1) is 0 Å². The third-order valence-electron chi connectivity index (χ3n) is 7.33. The first kappa shape index (κ1) is 27.8. The van der Waals surface area contributed by atoms with E-state index in [1.54, 1.807) is 36.4 Å². The fourth-order valence-electron chi connectivity index (χ4n) is 4.06. The number of aryl methyl sites for hydroxylation is 1. The monoisotopic (exact) mass is 548 g/mol. The van der Waals surface area contributed by atoms with Gasteiger partial charge in [0.25, 0.3) is 10.0 Å². The molecular weight excluding hydrogens is 512 g/mol. The van der Waals surface area contributed by atoms with E-state index < -0.39 is 18.3 Å². The van der Waals surface area contributed by atoms with Gasteiger partial charge in [0.15, 0.2) is 8.32 Å². The van der Waals surface area contributed by atoms with Crippen molar-refractivity contribution in [3.8, 4) is 0 Å². The molecule has 0 bridgehead atoms. The van der Waals surface area contributed by atoms with Crippen LogP contribution in [-0.4, -0.2) is 26.6 Å². The smallest absolute Gasteiger partial charge is 0.268 e. The molecule has 6 nitrogen and oxygen atoms in total. The molecule has 0 atom stereocenters. The van der Waals surface area contributed by atoms with Crippen molar-refractivity contribution >= 4 is 40.8 Å². The lowest BCUT2D eigenvalue weighted by Crippen LogP contribution is -2.40. The fraction of sp³-hybridized carbons (Fsp3) is 0.300. The first-order chi connectivity index (χ1) is 17.8. The second kappa shape index (κ2) is 10.5. The van der Waals surface area contributed by atoms with Gasteiger partial charge in [-0.25, -0.2) is 12.4 Å². The van der Waals surface area contributed by atoms with Crippen LogP contribution >= 0.6 is 0 Å². The zero-order valence-electron chi connectivity index (χ0n) is 22.9. The predicted molar refractivity (Wildman–Crippen MR) is 156 cm³/mol. The molecule has 0 fully saturated rings. The molecule has 0 aliphatic rings. The van der Waals surface area contributed by atoms with Gasteiger partial charge < -0.3 is 9.74 Å². The minimum absolute atomic E-state index is 0.0528. The average Bonchev–Trinajstić information content (AvgIpc) is 3.17. The molecule has 0 unspecified atom stereocenters. The molecule has 4 rings (SSSR count). The molecule has 38 heavy (non-hydrogen) atoms. The highest BCUT2D eigenvalue weighted by Gasteiger charge is 2.38. The van der Waals surface area contributed by atoms with Crippen molar-refractivity contribution in [2.24, 2.45) is 0 Å². The zero-order valence-corrected chi connectivity index (χ0v) is 24.7. The van der Waals surface area contributed by atoms with Crippen LogP contribution in [0.4, 0.5) is 5.69 Å². The zero-order chi connectivity index (χ0) is 27.7. The summed E-state index contributed by atoms with van der Waals surface area (Å²) in [5, 5.41) is 3.62. The van der Waals surface area contributed by atoms with Gasteiger partial charge in [-0.3, -0.25) is 4.79 Å². The molecule has 1 aromatic heterocycles. The topological polar surface area (TPSA) is 77.4 Å². The van der Waals surface area contributed by atoms with Gasteiger partial charge in [-0.05, 0) is 48.8 Å². The van der Waals surface area contributed by atoms with Gasteiger partial charge >= 0.3 is 0 Å². The average molecular weight is 549 g/mol. The lowest BCUT2D eigenvalue weighted by Gasteiger charge is -2.36. The first-order valence-electron chi connectivity index (χ1n) is 12.7. The minimum Gasteiger partial charge on any atom is -0.411 e. The van der Waals surface area contributed by atoms with Crippen LogP contribution in [0.15, 0.2) is 83.8 Å². The van der Waals surface area contributed by atoms with Crippen LogP contribution < -0.4 is 5.32 Å². The molecule has 3 aromatic carbocycles. The number of rotatable bonds is 8. The van der Waals surface area contributed by atoms with E-state index in [1.165, 1.54) is 3.97 Å². The maximum absolute atomic E-state index is 14.1. The highest BCUT2D eigenvalue weighted by Crippen LogP contribution is 2.40. The van der Waals surface area contributed by atoms with Gasteiger partial charge in [0.05, 0.1) is 34.8 Å². The Morgan fingerprint density at radius 3 is 2.16 bits per heavy atom. The standard InChI is InChI=1S/C30H36N2O4SSi/c1-22-16-18-24(19-17-22)37(34,35)32-26-15-11-10-14-25(26)29(27(32)21-36-38(5,6)30(2,3)4)31-28(33)20-23-12-8-7-9-13-23/h7-19H,20-21H2,1-6H3,(H,31,33). The Hall–Kier alpha value is -3.20. The minimum atomic E-state index is -3.99. The number of para-hydroxylation sites is 1. The number of benzene rings is 3. The number of fused-ring (bicyclic) bond motifs is 1. The summed E-state index contributed by atoms with van der Waals surface area (Å²) in [6, 6.07) is 23.5. The quantitative estimate of drug-likeness (QED) is 0.243. The summed E-state index contributed by atoms with van der Waals surface area (Å²) < 4.78 is 36.1. The van der Waals surface area contributed by atoms with E-state index in [4.69, 9.17) is 4.43 Å². The first-order valence-corrected chi connectivity index (χ1v) is 17.1. The van der Waals surface area contributed by atoms with E-state index in [2.05, 4.69) is 39.2 Å². The summed E-state index contributed by atoms with van der Waals surface area (Å²) in [5.74, 6) is -0.222. The molecule has 1 N–H and O–H groups in total. The van der Waals surface area contributed by atoms with Gasteiger partial charge in [0.2, 0.25) is 5.91 Å². The fourth-order valence-corrected chi connectivity index (χ4v) is 6.53. The number of hydrogen-bond acceptors (Lipinski definition) is 4. The maximum atomic E-state index is 14.1. The SMILES string of the molecule is Cc1ccc(S(=O)(=O)n2c(CO[Si](C)(C)C(C)(C)C)c(NC(=O)Cc3ccccc3)c3ccccc32)cc1. The van der Waals surface area contributed by atoms with Crippen LogP contribution in [0, 0.1) is 6.92 Å². The Bertz CT molecular complexity index is 1550. The summed E-state index contributed by atoms with van der Waals surface area (Å²) in [6.07, 6.45) is 0.174.